The zero-order chi connectivity index (χ0) is 29.7. The van der Waals surface area contributed by atoms with Crippen LogP contribution in [0.3, 0.4) is 0 Å². The van der Waals surface area contributed by atoms with E-state index in [2.05, 4.69) is 15.6 Å². The highest BCUT2D eigenvalue weighted by Crippen LogP contribution is 2.19. The van der Waals surface area contributed by atoms with Crippen LogP contribution < -0.4 is 21.8 Å². The number of benzene rings is 2. The van der Waals surface area contributed by atoms with Gasteiger partial charge in [0, 0.05) is 11.6 Å². The third kappa shape index (κ3) is 12.0. The standard InChI is InChI=1S/C26H33ClN6O7/c1-26(2,3)40-25(36)31-21(18-11-13-19(27)14-12-18)22(34)30-20(10-7-15-29-24(28)32-33(37)38)23(35)39-16-17-8-5-4-6-9-17/h4-6,8-9,11-14,20-21H,7,10,15-16H2,1-3H3,(H,30,34)(H,31,36)(H3,28,29,32)/t20-,21-/m0/s1. The van der Waals surface area contributed by atoms with E-state index in [1.807, 2.05) is 6.07 Å². The van der Waals surface area contributed by atoms with Gasteiger partial charge in [-0.25, -0.2) is 24.7 Å². The minimum atomic E-state index is -1.23. The summed E-state index contributed by atoms with van der Waals surface area (Å²) in [6.07, 6.45) is -0.556. The summed E-state index contributed by atoms with van der Waals surface area (Å²) in [5, 5.41) is 15.2. The lowest BCUT2D eigenvalue weighted by Crippen LogP contribution is -2.48. The molecule has 0 unspecified atom stereocenters. The minimum Gasteiger partial charge on any atom is -0.459 e. The van der Waals surface area contributed by atoms with Crippen molar-refractivity contribution in [3.05, 3.63) is 80.9 Å². The molecule has 5 N–H and O–H groups in total. The topological polar surface area (TPSA) is 187 Å². The number of alkyl carbamates (subject to hydrolysis) is 1. The molecule has 216 valence electrons. The quantitative estimate of drug-likeness (QED) is 0.0735. The number of ether oxygens (including phenoxy) is 2. The monoisotopic (exact) mass is 576 g/mol. The number of hydrogen-bond acceptors (Lipinski definition) is 8. The molecule has 0 aliphatic carbocycles. The number of esters is 1. The zero-order valence-corrected chi connectivity index (χ0v) is 23.1. The first-order valence-corrected chi connectivity index (χ1v) is 12.7. The smallest absolute Gasteiger partial charge is 0.408 e. The number of amides is 2. The van der Waals surface area contributed by atoms with Gasteiger partial charge >= 0.3 is 12.1 Å². The maximum Gasteiger partial charge on any atom is 0.408 e. The molecule has 2 atom stereocenters. The van der Waals surface area contributed by atoms with Gasteiger partial charge in [0.1, 0.15) is 24.3 Å². The molecule has 2 aromatic carbocycles. The van der Waals surface area contributed by atoms with Gasteiger partial charge in [0.25, 0.3) is 5.96 Å². The summed E-state index contributed by atoms with van der Waals surface area (Å²) >= 11 is 5.99. The average Bonchev–Trinajstić information content (AvgIpc) is 2.87. The predicted molar refractivity (Wildman–Crippen MR) is 148 cm³/mol. The molecule has 0 saturated heterocycles. The fraction of sp³-hybridized carbons (Fsp3) is 0.385. The second kappa shape index (κ2) is 15.3. The summed E-state index contributed by atoms with van der Waals surface area (Å²) in [4.78, 5) is 53.3. The number of hydrazine groups is 1. The van der Waals surface area contributed by atoms with E-state index in [9.17, 15) is 24.5 Å². The van der Waals surface area contributed by atoms with Crippen molar-refractivity contribution >= 4 is 35.5 Å². The summed E-state index contributed by atoms with van der Waals surface area (Å²) in [6, 6.07) is 12.8. The van der Waals surface area contributed by atoms with Crippen LogP contribution in [0, 0.1) is 10.1 Å². The molecule has 0 radical (unpaired) electrons. The lowest BCUT2D eigenvalue weighted by atomic mass is 10.0. The van der Waals surface area contributed by atoms with Crippen molar-refractivity contribution in [3.8, 4) is 0 Å². The molecule has 14 heteroatoms. The van der Waals surface area contributed by atoms with Crippen LogP contribution in [0.1, 0.15) is 50.8 Å². The Balaban J connectivity index is 2.21. The molecular formula is C26H33ClN6O7. The largest absolute Gasteiger partial charge is 0.459 e. The summed E-state index contributed by atoms with van der Waals surface area (Å²) in [5.74, 6) is -1.82. The number of nitrogens with zero attached hydrogens (tertiary/aromatic N) is 2. The summed E-state index contributed by atoms with van der Waals surface area (Å²) in [6.45, 7) is 5.04. The van der Waals surface area contributed by atoms with Crippen molar-refractivity contribution in [1.82, 2.24) is 16.1 Å². The number of aliphatic imine (C=N–C) groups is 1. The predicted octanol–water partition coefficient (Wildman–Crippen LogP) is 3.01. The van der Waals surface area contributed by atoms with Crippen LogP contribution in [-0.2, 0) is 25.7 Å². The summed E-state index contributed by atoms with van der Waals surface area (Å²) < 4.78 is 10.7. The van der Waals surface area contributed by atoms with Crippen molar-refractivity contribution in [2.75, 3.05) is 6.54 Å². The molecule has 0 aliphatic rings. The van der Waals surface area contributed by atoms with E-state index in [4.69, 9.17) is 26.8 Å². The average molecular weight is 577 g/mol. The summed E-state index contributed by atoms with van der Waals surface area (Å²) in [7, 11) is 0. The molecule has 2 rings (SSSR count). The third-order valence-electron chi connectivity index (χ3n) is 5.09. The Hall–Kier alpha value is -4.39. The first kappa shape index (κ1) is 31.8. The van der Waals surface area contributed by atoms with E-state index in [0.29, 0.717) is 10.6 Å². The molecule has 0 heterocycles. The summed E-state index contributed by atoms with van der Waals surface area (Å²) in [5.41, 5.74) is 7.47. The Morgan fingerprint density at radius 2 is 1.73 bits per heavy atom. The van der Waals surface area contributed by atoms with Gasteiger partial charge in [-0.2, -0.15) is 0 Å². The normalized spacial score (nSPS) is 12.9. The van der Waals surface area contributed by atoms with Gasteiger partial charge < -0.3 is 25.8 Å². The van der Waals surface area contributed by atoms with E-state index < -0.39 is 46.6 Å². The van der Waals surface area contributed by atoms with Crippen LogP contribution in [0.5, 0.6) is 0 Å². The van der Waals surface area contributed by atoms with Gasteiger partial charge in [-0.3, -0.25) is 4.79 Å². The second-order valence-electron chi connectivity index (χ2n) is 9.56. The van der Waals surface area contributed by atoms with E-state index in [0.717, 1.165) is 5.56 Å². The Labute approximate surface area is 236 Å². The number of carbonyl (C=O) groups excluding carboxylic acids is 3. The van der Waals surface area contributed by atoms with E-state index >= 15 is 0 Å². The fourth-order valence-corrected chi connectivity index (χ4v) is 3.46. The Morgan fingerprint density at radius 1 is 1.07 bits per heavy atom. The van der Waals surface area contributed by atoms with E-state index in [1.54, 1.807) is 74.7 Å². The molecule has 0 aromatic heterocycles. The lowest BCUT2D eigenvalue weighted by Gasteiger charge is -2.25. The van der Waals surface area contributed by atoms with Gasteiger partial charge in [-0.1, -0.05) is 59.5 Å². The fourth-order valence-electron chi connectivity index (χ4n) is 3.34. The van der Waals surface area contributed by atoms with Crippen LogP contribution in [0.15, 0.2) is 59.6 Å². The molecule has 0 aliphatic heterocycles. The number of hydrogen-bond donors (Lipinski definition) is 4. The highest BCUT2D eigenvalue weighted by atomic mass is 35.5. The Bertz CT molecular complexity index is 1190. The molecular weight excluding hydrogens is 544 g/mol. The number of halogens is 1. The molecule has 0 spiro atoms. The van der Waals surface area contributed by atoms with Crippen molar-refractivity contribution in [1.29, 1.82) is 0 Å². The second-order valence-corrected chi connectivity index (χ2v) is 10.00. The van der Waals surface area contributed by atoms with Crippen LogP contribution in [0.2, 0.25) is 5.02 Å². The van der Waals surface area contributed by atoms with Gasteiger partial charge in [-0.15, -0.1) is 0 Å². The van der Waals surface area contributed by atoms with Gasteiger partial charge in [0.2, 0.25) is 5.91 Å². The number of guanidine groups is 1. The van der Waals surface area contributed by atoms with Crippen molar-refractivity contribution < 1.29 is 28.9 Å². The number of nitrogens with two attached hydrogens (primary N) is 1. The maximum atomic E-state index is 13.4. The molecule has 13 nitrogen and oxygen atoms in total. The Morgan fingerprint density at radius 3 is 2.33 bits per heavy atom. The molecule has 2 amide bonds. The zero-order valence-electron chi connectivity index (χ0n) is 22.4. The first-order valence-electron chi connectivity index (χ1n) is 12.3. The lowest BCUT2D eigenvalue weighted by molar-refractivity contribution is -0.525. The van der Waals surface area contributed by atoms with Crippen molar-refractivity contribution in [3.63, 3.8) is 0 Å². The number of nitro groups is 1. The maximum absolute atomic E-state index is 13.4. The molecule has 0 bridgehead atoms. The van der Waals surface area contributed by atoms with Crippen LogP contribution in [0.4, 0.5) is 4.79 Å². The molecule has 2 aromatic rings. The molecule has 0 saturated carbocycles. The third-order valence-corrected chi connectivity index (χ3v) is 5.34. The Kier molecular flexibility index (Phi) is 12.1. The molecule has 40 heavy (non-hydrogen) atoms. The minimum absolute atomic E-state index is 0.0271. The van der Waals surface area contributed by atoms with Crippen molar-refractivity contribution in [2.24, 2.45) is 10.7 Å². The van der Waals surface area contributed by atoms with Crippen LogP contribution >= 0.6 is 11.6 Å². The van der Waals surface area contributed by atoms with Crippen LogP contribution in [-0.4, -0.2) is 47.1 Å². The number of rotatable bonds is 12. The van der Waals surface area contributed by atoms with Crippen LogP contribution in [0.25, 0.3) is 0 Å². The van der Waals surface area contributed by atoms with Gasteiger partial charge in [0.15, 0.2) is 5.03 Å². The SMILES string of the molecule is CC(C)(C)OC(=O)N[C@H](C(=O)N[C@@H](CCCN=C(N)N[N+](=O)[O-])C(=O)OCc1ccccc1)c1ccc(Cl)cc1. The molecule has 0 fully saturated rings. The van der Waals surface area contributed by atoms with Gasteiger partial charge in [-0.05, 0) is 56.9 Å². The van der Waals surface area contributed by atoms with Gasteiger partial charge in [0.05, 0.1) is 0 Å². The number of carbonyl (C=O) groups is 3. The van der Waals surface area contributed by atoms with E-state index in [1.165, 1.54) is 0 Å². The number of nitrogens with one attached hydrogen (secondary N) is 3. The van der Waals surface area contributed by atoms with E-state index in [-0.39, 0.29) is 26.0 Å². The van der Waals surface area contributed by atoms with Crippen molar-refractivity contribution in [2.45, 2.75) is 57.9 Å². The first-order chi connectivity index (χ1) is 18.8. The highest BCUT2D eigenvalue weighted by Gasteiger charge is 2.30. The highest BCUT2D eigenvalue weighted by molar-refractivity contribution is 6.30.